The summed E-state index contributed by atoms with van der Waals surface area (Å²) in [6, 6.07) is 0. The van der Waals surface area contributed by atoms with E-state index in [0.717, 1.165) is 12.3 Å². The number of thioether (sulfide) groups is 1. The van der Waals surface area contributed by atoms with Crippen molar-refractivity contribution in [2.75, 3.05) is 12.3 Å². The van der Waals surface area contributed by atoms with Gasteiger partial charge in [-0.2, -0.15) is 5.26 Å². The zero-order valence-corrected chi connectivity index (χ0v) is 11.2. The molecule has 94 valence electrons. The van der Waals surface area contributed by atoms with Gasteiger partial charge >= 0.3 is 0 Å². The molecule has 3 heteroatoms. The first-order valence-electron chi connectivity index (χ1n) is 6.62. The van der Waals surface area contributed by atoms with Gasteiger partial charge in [-0.25, -0.2) is 0 Å². The van der Waals surface area contributed by atoms with Crippen molar-refractivity contribution in [3.05, 3.63) is 0 Å². The average molecular weight is 242 g/mol. The highest BCUT2D eigenvalue weighted by atomic mass is 32.2. The topological polar surface area (TPSA) is 49.8 Å². The van der Waals surface area contributed by atoms with Gasteiger partial charge in [0.1, 0.15) is 5.40 Å². The van der Waals surface area contributed by atoms with Gasteiger partial charge in [0.25, 0.3) is 0 Å². The highest BCUT2D eigenvalue weighted by molar-refractivity contribution is 8.03. The Bertz CT molecular complexity index is 166. The highest BCUT2D eigenvalue weighted by Gasteiger charge is 1.93. The van der Waals surface area contributed by atoms with Gasteiger partial charge < -0.3 is 5.73 Å². The van der Waals surface area contributed by atoms with E-state index in [9.17, 15) is 0 Å². The normalized spacial score (nSPS) is 10.2. The average Bonchev–Trinajstić information content (AvgIpc) is 2.31. The molecule has 0 aliphatic heterocycles. The third-order valence-corrected chi connectivity index (χ3v) is 3.39. The van der Waals surface area contributed by atoms with Gasteiger partial charge in [-0.3, -0.25) is 0 Å². The molecule has 0 bridgehead atoms. The number of hydrogen-bond donors (Lipinski definition) is 1. The number of nitrogens with zero attached hydrogens (tertiary/aromatic N) is 1. The van der Waals surface area contributed by atoms with E-state index < -0.39 is 0 Å². The Morgan fingerprint density at radius 3 is 1.62 bits per heavy atom. The van der Waals surface area contributed by atoms with E-state index in [-0.39, 0.29) is 0 Å². The van der Waals surface area contributed by atoms with Gasteiger partial charge in [-0.15, -0.1) is 0 Å². The van der Waals surface area contributed by atoms with Crippen molar-refractivity contribution >= 4 is 11.8 Å². The van der Waals surface area contributed by atoms with E-state index >= 15 is 0 Å². The number of thiocyanates is 1. The summed E-state index contributed by atoms with van der Waals surface area (Å²) in [5.74, 6) is 1.01. The number of hydrogen-bond acceptors (Lipinski definition) is 3. The summed E-state index contributed by atoms with van der Waals surface area (Å²) < 4.78 is 0. The van der Waals surface area contributed by atoms with Crippen molar-refractivity contribution in [3.8, 4) is 5.40 Å². The van der Waals surface area contributed by atoms with Gasteiger partial charge in [-0.1, -0.05) is 51.4 Å². The quantitative estimate of drug-likeness (QED) is 0.415. The summed E-state index contributed by atoms with van der Waals surface area (Å²) in [4.78, 5) is 0. The molecule has 2 N–H and O–H groups in total. The molecule has 0 saturated heterocycles. The molecule has 0 rings (SSSR count). The second-order valence-corrected chi connectivity index (χ2v) is 5.14. The third kappa shape index (κ3) is 13.8. The molecule has 0 fully saturated rings. The molecule has 0 radical (unpaired) electrons. The standard InChI is InChI=1S/C13H26N2S/c14-11-9-7-5-3-1-2-4-6-8-10-12-16-13-15/h1-12,14H2. The van der Waals surface area contributed by atoms with Crippen LogP contribution in [-0.4, -0.2) is 12.3 Å². The molecule has 0 aliphatic rings. The number of nitriles is 1. The molecular weight excluding hydrogens is 216 g/mol. The minimum absolute atomic E-state index is 0.848. The van der Waals surface area contributed by atoms with Crippen molar-refractivity contribution in [1.29, 1.82) is 5.26 Å². The molecule has 0 amide bonds. The Morgan fingerprint density at radius 1 is 0.750 bits per heavy atom. The van der Waals surface area contributed by atoms with Crippen LogP contribution in [0.4, 0.5) is 0 Å². The zero-order valence-electron chi connectivity index (χ0n) is 10.4. The fraction of sp³-hybridized carbons (Fsp3) is 0.923. The van der Waals surface area contributed by atoms with Crippen LogP contribution in [0.2, 0.25) is 0 Å². The maximum absolute atomic E-state index is 8.33. The van der Waals surface area contributed by atoms with E-state index in [1.165, 1.54) is 76.0 Å². The van der Waals surface area contributed by atoms with Gasteiger partial charge in [0.15, 0.2) is 0 Å². The summed E-state index contributed by atoms with van der Waals surface area (Å²) in [5, 5.41) is 10.4. The van der Waals surface area contributed by atoms with Crippen molar-refractivity contribution < 1.29 is 0 Å². The van der Waals surface area contributed by atoms with Gasteiger partial charge in [0.2, 0.25) is 0 Å². The van der Waals surface area contributed by atoms with Crippen LogP contribution in [-0.2, 0) is 0 Å². The molecule has 0 heterocycles. The molecular formula is C13H26N2S. The Labute approximate surface area is 105 Å². The second kappa shape index (κ2) is 14.8. The van der Waals surface area contributed by atoms with E-state index in [0.29, 0.717) is 0 Å². The molecule has 0 spiro atoms. The maximum Gasteiger partial charge on any atom is 0.133 e. The lowest BCUT2D eigenvalue weighted by atomic mass is 10.1. The third-order valence-electron chi connectivity index (χ3n) is 2.77. The summed E-state index contributed by atoms with van der Waals surface area (Å²) in [7, 11) is 0. The predicted molar refractivity (Wildman–Crippen MR) is 73.3 cm³/mol. The fourth-order valence-electron chi connectivity index (χ4n) is 1.78. The smallest absolute Gasteiger partial charge is 0.133 e. The van der Waals surface area contributed by atoms with Crippen LogP contribution >= 0.6 is 11.8 Å². The zero-order chi connectivity index (χ0) is 11.9. The SMILES string of the molecule is N#CSCCCCCCCCCCCCN. The van der Waals surface area contributed by atoms with Gasteiger partial charge in [-0.05, 0) is 31.1 Å². The van der Waals surface area contributed by atoms with Crippen LogP contribution in [0.15, 0.2) is 0 Å². The van der Waals surface area contributed by atoms with Crippen LogP contribution < -0.4 is 5.73 Å². The van der Waals surface area contributed by atoms with E-state index in [2.05, 4.69) is 5.40 Å². The first-order valence-corrected chi connectivity index (χ1v) is 7.61. The van der Waals surface area contributed by atoms with Gasteiger partial charge in [0, 0.05) is 5.75 Å². The molecule has 2 nitrogen and oxygen atoms in total. The maximum atomic E-state index is 8.33. The lowest BCUT2D eigenvalue weighted by Crippen LogP contribution is -1.97. The van der Waals surface area contributed by atoms with Crippen molar-refractivity contribution in [2.24, 2.45) is 5.73 Å². The first kappa shape index (κ1) is 15.8. The summed E-state index contributed by atoms with van der Waals surface area (Å²) in [6.07, 6.45) is 13.2. The number of rotatable bonds is 12. The molecule has 0 atom stereocenters. The minimum Gasteiger partial charge on any atom is -0.330 e. The van der Waals surface area contributed by atoms with Crippen LogP contribution in [0.25, 0.3) is 0 Å². The minimum atomic E-state index is 0.848. The molecule has 0 aliphatic carbocycles. The molecule has 0 aromatic heterocycles. The Morgan fingerprint density at radius 2 is 1.19 bits per heavy atom. The summed E-state index contributed by atoms with van der Waals surface area (Å²) in [6.45, 7) is 0.848. The van der Waals surface area contributed by atoms with Crippen LogP contribution in [0.5, 0.6) is 0 Å². The van der Waals surface area contributed by atoms with Crippen LogP contribution in [0, 0.1) is 10.7 Å². The summed E-state index contributed by atoms with van der Waals surface area (Å²) in [5.41, 5.74) is 5.44. The molecule has 0 unspecified atom stereocenters. The van der Waals surface area contributed by atoms with Gasteiger partial charge in [0.05, 0.1) is 0 Å². The number of unbranched alkanes of at least 4 members (excludes halogenated alkanes) is 9. The van der Waals surface area contributed by atoms with E-state index in [1.807, 2.05) is 0 Å². The first-order chi connectivity index (χ1) is 7.91. The van der Waals surface area contributed by atoms with Crippen LogP contribution in [0.1, 0.15) is 64.2 Å². The summed E-state index contributed by atoms with van der Waals surface area (Å²) >= 11 is 1.38. The Balaban J connectivity index is 2.86. The lowest BCUT2D eigenvalue weighted by Gasteiger charge is -2.01. The second-order valence-electron chi connectivity index (χ2n) is 4.26. The molecule has 0 aromatic rings. The molecule has 16 heavy (non-hydrogen) atoms. The Hall–Kier alpha value is -0.200. The lowest BCUT2D eigenvalue weighted by molar-refractivity contribution is 0.559. The fourth-order valence-corrected chi connectivity index (χ4v) is 2.22. The van der Waals surface area contributed by atoms with Crippen molar-refractivity contribution in [3.63, 3.8) is 0 Å². The molecule has 0 saturated carbocycles. The van der Waals surface area contributed by atoms with E-state index in [4.69, 9.17) is 11.0 Å². The van der Waals surface area contributed by atoms with Crippen LogP contribution in [0.3, 0.4) is 0 Å². The largest absolute Gasteiger partial charge is 0.330 e. The molecule has 0 aromatic carbocycles. The monoisotopic (exact) mass is 242 g/mol. The highest BCUT2D eigenvalue weighted by Crippen LogP contribution is 2.11. The number of nitrogens with two attached hydrogens (primary N) is 1. The van der Waals surface area contributed by atoms with Crippen molar-refractivity contribution in [2.45, 2.75) is 64.2 Å². The predicted octanol–water partition coefficient (Wildman–Crippen LogP) is 4.06. The Kier molecular flexibility index (Phi) is 14.6. The van der Waals surface area contributed by atoms with E-state index in [1.54, 1.807) is 0 Å². The van der Waals surface area contributed by atoms with Crippen molar-refractivity contribution in [1.82, 2.24) is 0 Å².